The second-order valence-corrected chi connectivity index (χ2v) is 5.48. The Hall–Kier alpha value is -1.10. The number of aliphatic hydroxyl groups is 2. The minimum atomic E-state index is -0.461. The molecule has 4 nitrogen and oxygen atoms in total. The van der Waals surface area contributed by atoms with Crippen LogP contribution in [0.25, 0.3) is 0 Å². The van der Waals surface area contributed by atoms with Gasteiger partial charge in [0.2, 0.25) is 0 Å². The Labute approximate surface area is 115 Å². The van der Waals surface area contributed by atoms with E-state index in [4.69, 9.17) is 4.74 Å². The van der Waals surface area contributed by atoms with Gasteiger partial charge in [0.15, 0.2) is 0 Å². The third-order valence-corrected chi connectivity index (χ3v) is 3.24. The van der Waals surface area contributed by atoms with Crippen molar-refractivity contribution in [3.63, 3.8) is 0 Å². The first-order valence-electron chi connectivity index (χ1n) is 6.59. The molecule has 0 heterocycles. The molecule has 0 spiro atoms. The number of likely N-dealkylation sites (N-methyl/N-ethyl adjacent to an activating group) is 1. The van der Waals surface area contributed by atoms with Crippen molar-refractivity contribution in [1.82, 2.24) is 4.90 Å². The summed E-state index contributed by atoms with van der Waals surface area (Å²) in [5, 5.41) is 18.5. The highest BCUT2D eigenvalue weighted by atomic mass is 16.5. The predicted octanol–water partition coefficient (Wildman–Crippen LogP) is 1.30. The van der Waals surface area contributed by atoms with Crippen LogP contribution in [0.3, 0.4) is 0 Å². The van der Waals surface area contributed by atoms with Crippen LogP contribution in [0.15, 0.2) is 24.3 Å². The van der Waals surface area contributed by atoms with Crippen LogP contribution in [-0.2, 0) is 0 Å². The quantitative estimate of drug-likeness (QED) is 0.745. The lowest BCUT2D eigenvalue weighted by molar-refractivity contribution is 0.0390. The third kappa shape index (κ3) is 5.19. The maximum absolute atomic E-state index is 9.26. The van der Waals surface area contributed by atoms with Crippen LogP contribution in [0, 0.1) is 12.3 Å². The van der Waals surface area contributed by atoms with Crippen molar-refractivity contribution < 1.29 is 14.9 Å². The maximum Gasteiger partial charge on any atom is 0.122 e. The molecule has 0 unspecified atom stereocenters. The van der Waals surface area contributed by atoms with Crippen LogP contribution < -0.4 is 4.74 Å². The van der Waals surface area contributed by atoms with Gasteiger partial charge in [-0.3, -0.25) is 0 Å². The van der Waals surface area contributed by atoms with E-state index in [1.807, 2.05) is 45.2 Å². The molecule has 108 valence electrons. The van der Waals surface area contributed by atoms with Crippen LogP contribution in [0.5, 0.6) is 5.75 Å². The smallest absolute Gasteiger partial charge is 0.122 e. The van der Waals surface area contributed by atoms with Gasteiger partial charge in [-0.15, -0.1) is 0 Å². The van der Waals surface area contributed by atoms with Gasteiger partial charge in [-0.05, 0) is 25.6 Å². The zero-order valence-electron chi connectivity index (χ0n) is 12.1. The Morgan fingerprint density at radius 2 is 1.84 bits per heavy atom. The number of hydrogen-bond donors (Lipinski definition) is 2. The van der Waals surface area contributed by atoms with Crippen molar-refractivity contribution in [2.45, 2.75) is 13.8 Å². The van der Waals surface area contributed by atoms with Gasteiger partial charge in [-0.25, -0.2) is 0 Å². The summed E-state index contributed by atoms with van der Waals surface area (Å²) in [6.07, 6.45) is 0. The molecule has 0 amide bonds. The average Bonchev–Trinajstić information content (AvgIpc) is 2.41. The normalized spacial score (nSPS) is 11.9. The molecule has 0 fully saturated rings. The Kier molecular flexibility index (Phi) is 6.28. The topological polar surface area (TPSA) is 52.9 Å². The van der Waals surface area contributed by atoms with Crippen molar-refractivity contribution in [2.24, 2.45) is 5.41 Å². The van der Waals surface area contributed by atoms with Gasteiger partial charge in [0.1, 0.15) is 12.4 Å². The molecule has 0 bridgehead atoms. The monoisotopic (exact) mass is 267 g/mol. The summed E-state index contributed by atoms with van der Waals surface area (Å²) < 4.78 is 5.72. The molecule has 1 aromatic carbocycles. The molecule has 0 radical (unpaired) electrons. The molecule has 1 aromatic rings. The zero-order chi connectivity index (χ0) is 14.3. The number of aryl methyl sites for hydroxylation is 1. The highest BCUT2D eigenvalue weighted by molar-refractivity contribution is 5.31. The van der Waals surface area contributed by atoms with Crippen molar-refractivity contribution >= 4 is 0 Å². The first-order valence-corrected chi connectivity index (χ1v) is 6.59. The van der Waals surface area contributed by atoms with Crippen molar-refractivity contribution in [3.05, 3.63) is 29.8 Å². The first-order chi connectivity index (χ1) is 9.00. The van der Waals surface area contributed by atoms with E-state index in [0.717, 1.165) is 17.9 Å². The van der Waals surface area contributed by atoms with Gasteiger partial charge in [0, 0.05) is 18.5 Å². The maximum atomic E-state index is 9.26. The highest BCUT2D eigenvalue weighted by Gasteiger charge is 2.24. The molecule has 0 aliphatic carbocycles. The number of hydrogen-bond acceptors (Lipinski definition) is 4. The van der Waals surface area contributed by atoms with Gasteiger partial charge in [-0.1, -0.05) is 25.1 Å². The first kappa shape index (κ1) is 16.0. The Morgan fingerprint density at radius 3 is 2.42 bits per heavy atom. The van der Waals surface area contributed by atoms with E-state index in [2.05, 4.69) is 4.90 Å². The largest absolute Gasteiger partial charge is 0.492 e. The van der Waals surface area contributed by atoms with E-state index in [9.17, 15) is 10.2 Å². The molecule has 0 saturated heterocycles. The van der Waals surface area contributed by atoms with E-state index in [-0.39, 0.29) is 13.2 Å². The summed E-state index contributed by atoms with van der Waals surface area (Å²) in [6.45, 7) is 5.83. The summed E-state index contributed by atoms with van der Waals surface area (Å²) in [5.74, 6) is 0.906. The standard InChI is InChI=1S/C15H25NO3/c1-13-6-4-5-7-14(13)19-9-8-16(3)10-15(2,11-17)12-18/h4-7,17-18H,8-12H2,1-3H3. The van der Waals surface area contributed by atoms with Gasteiger partial charge >= 0.3 is 0 Å². The van der Waals surface area contributed by atoms with Crippen LogP contribution in [0.2, 0.25) is 0 Å². The summed E-state index contributed by atoms with van der Waals surface area (Å²) in [5.41, 5.74) is 0.665. The van der Waals surface area contributed by atoms with Gasteiger partial charge in [0.25, 0.3) is 0 Å². The average molecular weight is 267 g/mol. The number of benzene rings is 1. The number of aliphatic hydroxyl groups excluding tert-OH is 2. The minimum Gasteiger partial charge on any atom is -0.492 e. The Bertz CT molecular complexity index is 377. The molecular formula is C15H25NO3. The molecule has 4 heteroatoms. The van der Waals surface area contributed by atoms with Crippen molar-refractivity contribution in [3.8, 4) is 5.75 Å². The van der Waals surface area contributed by atoms with E-state index in [0.29, 0.717) is 13.2 Å². The van der Waals surface area contributed by atoms with E-state index in [1.54, 1.807) is 0 Å². The van der Waals surface area contributed by atoms with Crippen molar-refractivity contribution in [1.29, 1.82) is 0 Å². The fourth-order valence-corrected chi connectivity index (χ4v) is 1.91. The van der Waals surface area contributed by atoms with Gasteiger partial charge in [0.05, 0.1) is 13.2 Å². The summed E-state index contributed by atoms with van der Waals surface area (Å²) in [7, 11) is 1.96. The molecule has 19 heavy (non-hydrogen) atoms. The molecular weight excluding hydrogens is 242 g/mol. The van der Waals surface area contributed by atoms with Crippen LogP contribution in [-0.4, -0.2) is 55.1 Å². The Balaban J connectivity index is 2.35. The molecule has 0 aliphatic rings. The van der Waals surface area contributed by atoms with E-state index < -0.39 is 5.41 Å². The van der Waals surface area contributed by atoms with Crippen molar-refractivity contribution in [2.75, 3.05) is 40.0 Å². The lowest BCUT2D eigenvalue weighted by Gasteiger charge is -2.30. The lowest BCUT2D eigenvalue weighted by atomic mass is 9.92. The summed E-state index contributed by atoms with van der Waals surface area (Å²) in [6, 6.07) is 7.93. The Morgan fingerprint density at radius 1 is 1.21 bits per heavy atom. The van der Waals surface area contributed by atoms with Gasteiger partial charge in [-0.2, -0.15) is 0 Å². The lowest BCUT2D eigenvalue weighted by Crippen LogP contribution is -2.40. The molecule has 0 aromatic heterocycles. The molecule has 0 aliphatic heterocycles. The van der Waals surface area contributed by atoms with Crippen LogP contribution in [0.1, 0.15) is 12.5 Å². The second kappa shape index (κ2) is 7.48. The number of ether oxygens (including phenoxy) is 1. The molecule has 0 saturated carbocycles. The molecule has 2 N–H and O–H groups in total. The van der Waals surface area contributed by atoms with Crippen LogP contribution in [0.4, 0.5) is 0 Å². The fraction of sp³-hybridized carbons (Fsp3) is 0.600. The SMILES string of the molecule is Cc1ccccc1OCCN(C)CC(C)(CO)CO. The number of rotatable bonds is 8. The van der Waals surface area contributed by atoms with E-state index >= 15 is 0 Å². The third-order valence-electron chi connectivity index (χ3n) is 3.24. The summed E-state index contributed by atoms with van der Waals surface area (Å²) in [4.78, 5) is 2.06. The van der Waals surface area contributed by atoms with E-state index in [1.165, 1.54) is 0 Å². The number of nitrogens with zero attached hydrogens (tertiary/aromatic N) is 1. The predicted molar refractivity (Wildman–Crippen MR) is 76.4 cm³/mol. The van der Waals surface area contributed by atoms with Gasteiger partial charge < -0.3 is 19.8 Å². The minimum absolute atomic E-state index is 0.0213. The molecule has 1 rings (SSSR count). The fourth-order valence-electron chi connectivity index (χ4n) is 1.91. The zero-order valence-corrected chi connectivity index (χ0v) is 12.1. The second-order valence-electron chi connectivity index (χ2n) is 5.48. The van der Waals surface area contributed by atoms with Crippen LogP contribution >= 0.6 is 0 Å². The number of para-hydroxylation sites is 1. The highest BCUT2D eigenvalue weighted by Crippen LogP contribution is 2.17. The molecule has 0 atom stereocenters. The summed E-state index contributed by atoms with van der Waals surface area (Å²) >= 11 is 0.